The number of nitro groups is 1. The number of nitro benzene ring substituents is 1. The number of oxime groups is 1. The standard InChI is InChI=1S/C53H78N2O8S/c1-4-7-8-9-10-11-12-13-14-15-16-17-18-23-36-64-50-39-48(54-62-40-41-26-28-43(29-27-41)55(58)59)46-37-42(24-19-21-32-56)45(25-20-22-33-57)51-47-38-44(60-34-5-2)30-31-49(47)63-53(50,52(46)51)61-35-6-3/h5-6,26-31,37-38,42,45,50-52,56-57H,2-4,7-25,32-36,39-40H2,1H3. The number of benzene rings is 2. The van der Waals surface area contributed by atoms with Gasteiger partial charge in [0.15, 0.2) is 0 Å². The van der Waals surface area contributed by atoms with E-state index in [2.05, 4.69) is 32.2 Å². The second-order valence-electron chi connectivity index (χ2n) is 18.0. The van der Waals surface area contributed by atoms with Crippen LogP contribution in [-0.4, -0.2) is 64.1 Å². The predicted molar refractivity (Wildman–Crippen MR) is 261 cm³/mol. The van der Waals surface area contributed by atoms with Crippen molar-refractivity contribution in [1.82, 2.24) is 0 Å². The van der Waals surface area contributed by atoms with Gasteiger partial charge in [0.05, 0.1) is 28.4 Å². The number of hydrogen-bond acceptors (Lipinski definition) is 10. The highest BCUT2D eigenvalue weighted by Gasteiger charge is 2.64. The van der Waals surface area contributed by atoms with Gasteiger partial charge in [-0.2, -0.15) is 11.8 Å². The summed E-state index contributed by atoms with van der Waals surface area (Å²) in [6.07, 6.45) is 30.0. The predicted octanol–water partition coefficient (Wildman–Crippen LogP) is 13.2. The lowest BCUT2D eigenvalue weighted by molar-refractivity contribution is -0.384. The molecule has 2 aromatic carbocycles. The van der Waals surface area contributed by atoms with Crippen LogP contribution in [0.1, 0.15) is 159 Å². The highest BCUT2D eigenvalue weighted by atomic mass is 32.2. The van der Waals surface area contributed by atoms with E-state index in [4.69, 9.17) is 24.2 Å². The highest BCUT2D eigenvalue weighted by molar-refractivity contribution is 8.00. The molecule has 6 atom stereocenters. The Balaban J connectivity index is 1.43. The molecular weight excluding hydrogens is 825 g/mol. The van der Waals surface area contributed by atoms with Crippen molar-refractivity contribution in [2.45, 2.75) is 165 Å². The molecule has 3 aliphatic rings. The van der Waals surface area contributed by atoms with Crippen LogP contribution in [0.15, 0.2) is 84.6 Å². The Hall–Kier alpha value is -3.64. The van der Waals surface area contributed by atoms with Crippen molar-refractivity contribution in [2.75, 3.05) is 32.2 Å². The number of aliphatic hydroxyl groups excluding tert-OH is 2. The number of non-ortho nitro benzene ring substituents is 1. The van der Waals surface area contributed by atoms with Crippen LogP contribution in [0.2, 0.25) is 0 Å². The van der Waals surface area contributed by atoms with Crippen molar-refractivity contribution in [3.8, 4) is 11.5 Å². The van der Waals surface area contributed by atoms with Gasteiger partial charge in [-0.15, -0.1) is 6.58 Å². The Morgan fingerprint density at radius 3 is 2.11 bits per heavy atom. The largest absolute Gasteiger partial charge is 0.490 e. The van der Waals surface area contributed by atoms with Gasteiger partial charge < -0.3 is 29.3 Å². The Morgan fingerprint density at radius 1 is 0.844 bits per heavy atom. The zero-order valence-corrected chi connectivity index (χ0v) is 39.6. The van der Waals surface area contributed by atoms with E-state index in [1.165, 1.54) is 95.6 Å². The SMILES string of the molecule is C=CCOc1ccc2c(c1)C1C(CCCCO)C(CCCCO)C=C3C(=NOCc4ccc([N+](=O)[O-])cc4)CC(SCCCCCCCCCCCCCCCC)C(OCC=C)(O2)C31. The zero-order chi connectivity index (χ0) is 45.4. The van der Waals surface area contributed by atoms with Gasteiger partial charge in [-0.3, -0.25) is 10.1 Å². The van der Waals surface area contributed by atoms with Gasteiger partial charge in [-0.25, -0.2) is 0 Å². The summed E-state index contributed by atoms with van der Waals surface area (Å²) in [6.45, 7) is 11.4. The van der Waals surface area contributed by atoms with Crippen molar-refractivity contribution in [3.63, 3.8) is 0 Å². The van der Waals surface area contributed by atoms with Crippen LogP contribution in [0.3, 0.4) is 0 Å². The summed E-state index contributed by atoms with van der Waals surface area (Å²) in [7, 11) is 0. The van der Waals surface area contributed by atoms with Gasteiger partial charge in [0.2, 0.25) is 5.79 Å². The topological polar surface area (TPSA) is 133 Å². The number of thioether (sulfide) groups is 1. The Kier molecular flexibility index (Phi) is 22.8. The molecule has 1 saturated carbocycles. The van der Waals surface area contributed by atoms with Crippen LogP contribution < -0.4 is 9.47 Å². The second-order valence-corrected chi connectivity index (χ2v) is 19.3. The summed E-state index contributed by atoms with van der Waals surface area (Å²) in [5.74, 6) is 1.60. The number of allylic oxidation sites excluding steroid dienone is 1. The summed E-state index contributed by atoms with van der Waals surface area (Å²) in [6, 6.07) is 12.6. The van der Waals surface area contributed by atoms with Gasteiger partial charge in [0.1, 0.15) is 24.7 Å². The molecule has 0 amide bonds. The minimum Gasteiger partial charge on any atom is -0.490 e. The molecule has 1 aliphatic heterocycles. The molecule has 0 spiro atoms. The fraction of sp³-hybridized carbons (Fsp3) is 0.642. The van der Waals surface area contributed by atoms with E-state index >= 15 is 0 Å². The molecule has 0 saturated heterocycles. The summed E-state index contributed by atoms with van der Waals surface area (Å²) in [5.41, 5.74) is 3.86. The number of hydrogen-bond donors (Lipinski definition) is 2. The first-order valence-corrected chi connectivity index (χ1v) is 25.7. The molecule has 64 heavy (non-hydrogen) atoms. The summed E-state index contributed by atoms with van der Waals surface area (Å²) in [5, 5.41) is 35.9. The average Bonchev–Trinajstić information content (AvgIpc) is 3.30. The van der Waals surface area contributed by atoms with Crippen molar-refractivity contribution < 1.29 is 34.2 Å². The van der Waals surface area contributed by atoms with Crippen LogP contribution in [0.5, 0.6) is 11.5 Å². The lowest BCUT2D eigenvalue weighted by Crippen LogP contribution is -2.64. The van der Waals surface area contributed by atoms with E-state index in [0.717, 1.165) is 84.6 Å². The average molecular weight is 903 g/mol. The maximum Gasteiger partial charge on any atom is 0.269 e. The first kappa shape index (κ1) is 51.3. The van der Waals surface area contributed by atoms with Crippen molar-refractivity contribution in [2.24, 2.45) is 22.9 Å². The molecule has 1 fully saturated rings. The third-order valence-electron chi connectivity index (χ3n) is 13.4. The molecule has 0 radical (unpaired) electrons. The molecular formula is C53H78N2O8S. The first-order chi connectivity index (χ1) is 31.4. The normalized spacial score (nSPS) is 22.8. The van der Waals surface area contributed by atoms with E-state index in [0.29, 0.717) is 19.6 Å². The molecule has 1 heterocycles. The van der Waals surface area contributed by atoms with Crippen LogP contribution in [-0.2, 0) is 16.2 Å². The Morgan fingerprint density at radius 2 is 1.48 bits per heavy atom. The molecule has 0 aromatic heterocycles. The number of nitrogens with zero attached hydrogens (tertiary/aromatic N) is 2. The Labute approximate surface area is 388 Å². The van der Waals surface area contributed by atoms with Gasteiger partial charge >= 0.3 is 0 Å². The van der Waals surface area contributed by atoms with E-state index in [1.54, 1.807) is 18.2 Å². The molecule has 5 rings (SSSR count). The number of unbranched alkanes of at least 4 members (excludes halogenated alkanes) is 15. The molecule has 6 unspecified atom stereocenters. The summed E-state index contributed by atoms with van der Waals surface area (Å²) >= 11 is 1.91. The quantitative estimate of drug-likeness (QED) is 0.0305. The third-order valence-corrected chi connectivity index (χ3v) is 14.8. The molecule has 10 nitrogen and oxygen atoms in total. The number of ether oxygens (including phenoxy) is 3. The lowest BCUT2D eigenvalue weighted by atomic mass is 9.56. The number of aliphatic hydroxyl groups is 2. The second kappa shape index (κ2) is 28.4. The summed E-state index contributed by atoms with van der Waals surface area (Å²) < 4.78 is 20.6. The van der Waals surface area contributed by atoms with Gasteiger partial charge in [-0.1, -0.05) is 133 Å². The monoisotopic (exact) mass is 903 g/mol. The van der Waals surface area contributed by atoms with E-state index < -0.39 is 10.7 Å². The summed E-state index contributed by atoms with van der Waals surface area (Å²) in [4.78, 5) is 17.1. The number of fused-ring (bicyclic) bond motifs is 2. The van der Waals surface area contributed by atoms with Gasteiger partial charge in [0, 0.05) is 43.2 Å². The zero-order valence-electron chi connectivity index (χ0n) is 38.8. The first-order valence-electron chi connectivity index (χ1n) is 24.7. The molecule has 2 aromatic rings. The minimum absolute atomic E-state index is 0.0250. The van der Waals surface area contributed by atoms with Crippen LogP contribution >= 0.6 is 11.8 Å². The third kappa shape index (κ3) is 14.7. The highest BCUT2D eigenvalue weighted by Crippen LogP contribution is 2.62. The van der Waals surface area contributed by atoms with E-state index in [9.17, 15) is 20.3 Å². The molecule has 2 aliphatic carbocycles. The van der Waals surface area contributed by atoms with Crippen LogP contribution in [0.25, 0.3) is 0 Å². The van der Waals surface area contributed by atoms with E-state index in [1.807, 2.05) is 30.0 Å². The fourth-order valence-electron chi connectivity index (χ4n) is 10.1. The fourth-order valence-corrected chi connectivity index (χ4v) is 11.6. The van der Waals surface area contributed by atoms with Gasteiger partial charge in [0.25, 0.3) is 5.69 Å². The van der Waals surface area contributed by atoms with Crippen molar-refractivity contribution >= 4 is 23.2 Å². The number of rotatable bonds is 34. The smallest absolute Gasteiger partial charge is 0.269 e. The minimum atomic E-state index is -1.02. The molecule has 0 bridgehead atoms. The van der Waals surface area contributed by atoms with Gasteiger partial charge in [-0.05, 0) is 91.2 Å². The molecule has 354 valence electrons. The van der Waals surface area contributed by atoms with Crippen molar-refractivity contribution in [1.29, 1.82) is 0 Å². The van der Waals surface area contributed by atoms with Crippen molar-refractivity contribution in [3.05, 3.63) is 101 Å². The molecule has 11 heteroatoms. The maximum absolute atomic E-state index is 11.3. The molecule has 2 N–H and O–H groups in total. The Bertz CT molecular complexity index is 1770. The lowest BCUT2D eigenvalue weighted by Gasteiger charge is -2.58. The van der Waals surface area contributed by atoms with E-state index in [-0.39, 0.29) is 54.4 Å². The maximum atomic E-state index is 11.3. The van der Waals surface area contributed by atoms with Crippen LogP contribution in [0, 0.1) is 27.9 Å². The van der Waals surface area contributed by atoms with Crippen LogP contribution in [0.4, 0.5) is 5.69 Å².